The summed E-state index contributed by atoms with van der Waals surface area (Å²) in [6.07, 6.45) is 0. The van der Waals surface area contributed by atoms with Gasteiger partial charge in [0.1, 0.15) is 0 Å². The number of fused-ring (bicyclic) bond motifs is 1. The number of hydrogen-bond acceptors (Lipinski definition) is 3. The van der Waals surface area contributed by atoms with Gasteiger partial charge in [-0.2, -0.15) is 0 Å². The highest BCUT2D eigenvalue weighted by Crippen LogP contribution is 2.37. The smallest absolute Gasteiger partial charge is 0.234 e. The molecular formula is C15H21N3O. The molecular weight excluding hydrogens is 238 g/mol. The summed E-state index contributed by atoms with van der Waals surface area (Å²) in [6.45, 7) is 9.27. The standard InChI is InChI=1S/C15H21N3O/c1-15(2)12-9-11(3-4-13(12)17-14(15)19)10-18-7-5-16-6-8-18/h3-4,9,16H,5-8,10H2,1-2H3,(H,17,19). The summed E-state index contributed by atoms with van der Waals surface area (Å²) < 4.78 is 0. The molecule has 4 nitrogen and oxygen atoms in total. The van der Waals surface area contributed by atoms with Crippen LogP contribution < -0.4 is 10.6 Å². The molecule has 102 valence electrons. The van der Waals surface area contributed by atoms with Gasteiger partial charge < -0.3 is 10.6 Å². The molecule has 0 aliphatic carbocycles. The average Bonchev–Trinajstić information content (AvgIpc) is 2.62. The molecule has 0 unspecified atom stereocenters. The Labute approximate surface area is 114 Å². The molecule has 2 aliphatic heterocycles. The van der Waals surface area contributed by atoms with E-state index in [4.69, 9.17) is 0 Å². The fraction of sp³-hybridized carbons (Fsp3) is 0.533. The van der Waals surface area contributed by atoms with Crippen LogP contribution in [-0.2, 0) is 16.8 Å². The van der Waals surface area contributed by atoms with Crippen molar-refractivity contribution in [1.29, 1.82) is 0 Å². The molecule has 2 heterocycles. The van der Waals surface area contributed by atoms with Crippen molar-refractivity contribution in [2.45, 2.75) is 25.8 Å². The van der Waals surface area contributed by atoms with Gasteiger partial charge in [0.2, 0.25) is 5.91 Å². The zero-order valence-corrected chi connectivity index (χ0v) is 11.6. The molecule has 1 aromatic rings. The van der Waals surface area contributed by atoms with Crippen LogP contribution in [0.15, 0.2) is 18.2 Å². The summed E-state index contributed by atoms with van der Waals surface area (Å²) in [5, 5.41) is 6.32. The maximum atomic E-state index is 11.9. The van der Waals surface area contributed by atoms with E-state index >= 15 is 0 Å². The van der Waals surface area contributed by atoms with Crippen LogP contribution in [0, 0.1) is 0 Å². The van der Waals surface area contributed by atoms with Gasteiger partial charge in [0.25, 0.3) is 0 Å². The molecule has 0 saturated carbocycles. The lowest BCUT2D eigenvalue weighted by Crippen LogP contribution is -2.42. The van der Waals surface area contributed by atoms with Gasteiger partial charge in [-0.25, -0.2) is 0 Å². The Hall–Kier alpha value is -1.39. The highest BCUT2D eigenvalue weighted by atomic mass is 16.2. The molecule has 0 spiro atoms. The number of hydrogen-bond donors (Lipinski definition) is 2. The van der Waals surface area contributed by atoms with E-state index in [1.54, 1.807) is 0 Å². The molecule has 2 N–H and O–H groups in total. The zero-order chi connectivity index (χ0) is 13.5. The van der Waals surface area contributed by atoms with E-state index in [0.717, 1.165) is 44.0 Å². The van der Waals surface area contributed by atoms with Crippen molar-refractivity contribution in [3.63, 3.8) is 0 Å². The highest BCUT2D eigenvalue weighted by molar-refractivity contribution is 6.05. The maximum Gasteiger partial charge on any atom is 0.234 e. The number of carbonyl (C=O) groups excluding carboxylic acids is 1. The first-order chi connectivity index (χ1) is 9.07. The minimum absolute atomic E-state index is 0.0989. The van der Waals surface area contributed by atoms with Crippen LogP contribution in [0.1, 0.15) is 25.0 Å². The van der Waals surface area contributed by atoms with Crippen molar-refractivity contribution >= 4 is 11.6 Å². The molecule has 0 aromatic heterocycles. The van der Waals surface area contributed by atoms with Crippen LogP contribution in [0.2, 0.25) is 0 Å². The van der Waals surface area contributed by atoms with Gasteiger partial charge in [0.05, 0.1) is 5.41 Å². The number of carbonyl (C=O) groups is 1. The summed E-state index contributed by atoms with van der Waals surface area (Å²) >= 11 is 0. The van der Waals surface area contributed by atoms with Crippen LogP contribution in [0.4, 0.5) is 5.69 Å². The molecule has 1 aromatic carbocycles. The number of nitrogens with zero attached hydrogens (tertiary/aromatic N) is 1. The molecule has 2 aliphatic rings. The molecule has 19 heavy (non-hydrogen) atoms. The van der Waals surface area contributed by atoms with E-state index in [0.29, 0.717) is 0 Å². The number of rotatable bonds is 2. The Bertz CT molecular complexity index is 504. The Morgan fingerprint density at radius 3 is 2.74 bits per heavy atom. The summed E-state index contributed by atoms with van der Waals surface area (Å²) in [5.74, 6) is 0.0989. The highest BCUT2D eigenvalue weighted by Gasteiger charge is 2.38. The molecule has 3 rings (SSSR count). The molecule has 4 heteroatoms. The number of piperazine rings is 1. The lowest BCUT2D eigenvalue weighted by Gasteiger charge is -2.27. The monoisotopic (exact) mass is 259 g/mol. The Kier molecular flexibility index (Phi) is 3.07. The van der Waals surface area contributed by atoms with E-state index in [-0.39, 0.29) is 5.91 Å². The lowest BCUT2D eigenvalue weighted by molar-refractivity contribution is -0.119. The summed E-state index contributed by atoms with van der Waals surface area (Å²) in [5.41, 5.74) is 2.99. The maximum absolute atomic E-state index is 11.9. The van der Waals surface area contributed by atoms with Crippen molar-refractivity contribution in [3.8, 4) is 0 Å². The van der Waals surface area contributed by atoms with Gasteiger partial charge in [-0.3, -0.25) is 9.69 Å². The molecule has 1 fully saturated rings. The first-order valence-electron chi connectivity index (χ1n) is 6.95. The Morgan fingerprint density at radius 2 is 2.00 bits per heavy atom. The van der Waals surface area contributed by atoms with Crippen LogP contribution in [0.5, 0.6) is 0 Å². The van der Waals surface area contributed by atoms with Gasteiger partial charge in [0, 0.05) is 38.4 Å². The third-order valence-corrected chi connectivity index (χ3v) is 4.19. The Morgan fingerprint density at radius 1 is 1.26 bits per heavy atom. The van der Waals surface area contributed by atoms with E-state index in [1.165, 1.54) is 5.56 Å². The van der Waals surface area contributed by atoms with E-state index < -0.39 is 5.41 Å². The number of anilines is 1. The van der Waals surface area contributed by atoms with Crippen LogP contribution in [-0.4, -0.2) is 37.0 Å². The van der Waals surface area contributed by atoms with Gasteiger partial charge in [-0.1, -0.05) is 12.1 Å². The molecule has 1 saturated heterocycles. The quantitative estimate of drug-likeness (QED) is 0.842. The molecule has 0 radical (unpaired) electrons. The van der Waals surface area contributed by atoms with E-state index in [1.807, 2.05) is 19.9 Å². The normalized spacial score (nSPS) is 22.1. The van der Waals surface area contributed by atoms with Crippen molar-refractivity contribution < 1.29 is 4.79 Å². The SMILES string of the molecule is CC1(C)C(=O)Nc2ccc(CN3CCNCC3)cc21. The predicted octanol–water partition coefficient (Wildman–Crippen LogP) is 1.32. The summed E-state index contributed by atoms with van der Waals surface area (Å²) in [4.78, 5) is 14.4. The van der Waals surface area contributed by atoms with Gasteiger partial charge >= 0.3 is 0 Å². The van der Waals surface area contributed by atoms with Crippen LogP contribution >= 0.6 is 0 Å². The molecule has 0 bridgehead atoms. The second kappa shape index (κ2) is 4.62. The van der Waals surface area contributed by atoms with Gasteiger partial charge in [-0.05, 0) is 31.0 Å². The van der Waals surface area contributed by atoms with E-state index in [2.05, 4.69) is 27.7 Å². The second-order valence-corrected chi connectivity index (χ2v) is 5.99. The first kappa shape index (κ1) is 12.6. The lowest BCUT2D eigenvalue weighted by atomic mass is 9.85. The number of nitrogens with one attached hydrogen (secondary N) is 2. The zero-order valence-electron chi connectivity index (χ0n) is 11.6. The minimum atomic E-state index is -0.408. The Balaban J connectivity index is 1.82. The fourth-order valence-electron chi connectivity index (χ4n) is 2.84. The fourth-order valence-corrected chi connectivity index (χ4v) is 2.84. The molecule has 1 amide bonds. The second-order valence-electron chi connectivity index (χ2n) is 5.99. The minimum Gasteiger partial charge on any atom is -0.325 e. The number of amides is 1. The van der Waals surface area contributed by atoms with Crippen molar-refractivity contribution in [2.24, 2.45) is 0 Å². The third-order valence-electron chi connectivity index (χ3n) is 4.19. The molecule has 0 atom stereocenters. The van der Waals surface area contributed by atoms with Crippen molar-refractivity contribution in [3.05, 3.63) is 29.3 Å². The predicted molar refractivity (Wildman–Crippen MR) is 76.2 cm³/mol. The summed E-state index contributed by atoms with van der Waals surface area (Å²) in [6, 6.07) is 6.36. The van der Waals surface area contributed by atoms with E-state index in [9.17, 15) is 4.79 Å². The van der Waals surface area contributed by atoms with Gasteiger partial charge in [0.15, 0.2) is 0 Å². The topological polar surface area (TPSA) is 44.4 Å². The van der Waals surface area contributed by atoms with Crippen LogP contribution in [0.25, 0.3) is 0 Å². The van der Waals surface area contributed by atoms with Crippen molar-refractivity contribution in [1.82, 2.24) is 10.2 Å². The average molecular weight is 259 g/mol. The summed E-state index contributed by atoms with van der Waals surface area (Å²) in [7, 11) is 0. The largest absolute Gasteiger partial charge is 0.325 e. The van der Waals surface area contributed by atoms with Crippen molar-refractivity contribution in [2.75, 3.05) is 31.5 Å². The third kappa shape index (κ3) is 2.26. The van der Waals surface area contributed by atoms with Crippen LogP contribution in [0.3, 0.4) is 0 Å². The number of benzene rings is 1. The first-order valence-corrected chi connectivity index (χ1v) is 6.95. The van der Waals surface area contributed by atoms with Gasteiger partial charge in [-0.15, -0.1) is 0 Å².